The van der Waals surface area contributed by atoms with E-state index >= 15 is 0 Å². The fourth-order valence-corrected chi connectivity index (χ4v) is 6.14. The first-order valence-electron chi connectivity index (χ1n) is 12.5. The van der Waals surface area contributed by atoms with Crippen molar-refractivity contribution in [3.63, 3.8) is 0 Å². The summed E-state index contributed by atoms with van der Waals surface area (Å²) in [6.45, 7) is 0. The number of hydrogen-bond donors (Lipinski definition) is 0. The predicted molar refractivity (Wildman–Crippen MR) is 153 cm³/mol. The lowest BCUT2D eigenvalue weighted by atomic mass is 10.00. The maximum Gasteiger partial charge on any atom is 0.0991 e. The first-order chi connectivity index (χ1) is 18.3. The Morgan fingerprint density at radius 2 is 1.24 bits per heavy atom. The van der Waals surface area contributed by atoms with Gasteiger partial charge in [-0.3, -0.25) is 0 Å². The monoisotopic (exact) mass is 468 g/mol. The van der Waals surface area contributed by atoms with E-state index in [1.807, 2.05) is 24.3 Å². The Bertz CT molecular complexity index is 2060. The third-order valence-electron chi connectivity index (χ3n) is 7.77. The van der Waals surface area contributed by atoms with Crippen molar-refractivity contribution in [2.45, 2.75) is 0 Å². The summed E-state index contributed by atoms with van der Waals surface area (Å²) in [5.41, 5.74) is 11.8. The van der Waals surface area contributed by atoms with Crippen LogP contribution >= 0.6 is 0 Å². The Balaban J connectivity index is 1.41. The first-order valence-corrected chi connectivity index (χ1v) is 12.5. The van der Waals surface area contributed by atoms with Crippen molar-refractivity contribution >= 4 is 32.6 Å². The van der Waals surface area contributed by atoms with E-state index in [1.54, 1.807) is 0 Å². The van der Waals surface area contributed by atoms with Crippen LogP contribution in [0.1, 0.15) is 5.56 Å². The van der Waals surface area contributed by atoms with Crippen LogP contribution in [0.2, 0.25) is 0 Å². The minimum absolute atomic E-state index is 0.676. The summed E-state index contributed by atoms with van der Waals surface area (Å²) in [5.74, 6) is 0. The van der Waals surface area contributed by atoms with E-state index in [2.05, 4.69) is 108 Å². The van der Waals surface area contributed by atoms with Crippen LogP contribution in [0.25, 0.3) is 71.6 Å². The maximum atomic E-state index is 9.13. The molecule has 0 fully saturated rings. The van der Waals surface area contributed by atoms with Crippen LogP contribution in [-0.2, 0) is 0 Å². The van der Waals surface area contributed by atoms with Gasteiger partial charge in [0.15, 0.2) is 0 Å². The SMILES string of the molecule is N#Cc1ccc(-c2ccc(-n3c4ccccc4c4ccc5c(c43)-c3cccc4cccc-5c34)cc2)cc1. The highest BCUT2D eigenvalue weighted by molar-refractivity contribution is 6.24. The minimum atomic E-state index is 0.676. The van der Waals surface area contributed by atoms with Gasteiger partial charge in [0, 0.05) is 22.0 Å². The second-order valence-electron chi connectivity index (χ2n) is 9.68. The van der Waals surface area contributed by atoms with Crippen molar-refractivity contribution in [1.82, 2.24) is 4.57 Å². The topological polar surface area (TPSA) is 28.7 Å². The minimum Gasteiger partial charge on any atom is -0.309 e. The zero-order chi connectivity index (χ0) is 24.5. The van der Waals surface area contributed by atoms with Gasteiger partial charge >= 0.3 is 0 Å². The molecule has 1 aromatic heterocycles. The second-order valence-corrected chi connectivity index (χ2v) is 9.68. The molecule has 6 aromatic carbocycles. The fraction of sp³-hybridized carbons (Fsp3) is 0. The summed E-state index contributed by atoms with van der Waals surface area (Å²) in [6, 6.07) is 45.3. The van der Waals surface area contributed by atoms with E-state index < -0.39 is 0 Å². The molecule has 1 heterocycles. The molecule has 0 atom stereocenters. The Kier molecular flexibility index (Phi) is 4.04. The zero-order valence-electron chi connectivity index (χ0n) is 19.9. The third kappa shape index (κ3) is 2.74. The maximum absolute atomic E-state index is 9.13. The molecular formula is C35H20N2. The molecule has 0 aliphatic heterocycles. The van der Waals surface area contributed by atoms with Gasteiger partial charge in [-0.25, -0.2) is 0 Å². The molecule has 0 N–H and O–H groups in total. The standard InChI is InChI=1S/C35H20N2/c36-21-22-11-13-23(14-12-22)24-15-17-26(18-16-24)37-32-10-2-1-7-27(32)30-20-19-29-28-8-3-5-25-6-4-9-31(33(25)28)34(29)35(30)37/h1-20H. The second kappa shape index (κ2) is 7.43. The van der Waals surface area contributed by atoms with Gasteiger partial charge in [-0.05, 0) is 68.9 Å². The Morgan fingerprint density at radius 3 is 2.00 bits per heavy atom. The van der Waals surface area contributed by atoms with Gasteiger partial charge in [-0.15, -0.1) is 0 Å². The molecule has 1 aliphatic carbocycles. The van der Waals surface area contributed by atoms with Crippen LogP contribution < -0.4 is 0 Å². The van der Waals surface area contributed by atoms with E-state index in [4.69, 9.17) is 5.26 Å². The van der Waals surface area contributed by atoms with Gasteiger partial charge in [0.1, 0.15) is 0 Å². The molecule has 7 aromatic rings. The van der Waals surface area contributed by atoms with Gasteiger partial charge in [-0.1, -0.05) is 91.0 Å². The molecule has 2 nitrogen and oxygen atoms in total. The van der Waals surface area contributed by atoms with Crippen LogP contribution in [0.3, 0.4) is 0 Å². The number of nitriles is 1. The van der Waals surface area contributed by atoms with Crippen molar-refractivity contribution in [2.75, 3.05) is 0 Å². The van der Waals surface area contributed by atoms with Crippen LogP contribution in [0.5, 0.6) is 0 Å². The van der Waals surface area contributed by atoms with Crippen LogP contribution in [0.4, 0.5) is 0 Å². The molecule has 2 heteroatoms. The zero-order valence-corrected chi connectivity index (χ0v) is 19.9. The molecule has 0 unspecified atom stereocenters. The summed E-state index contributed by atoms with van der Waals surface area (Å²) < 4.78 is 2.43. The number of rotatable bonds is 2. The number of aromatic nitrogens is 1. The lowest BCUT2D eigenvalue weighted by Gasteiger charge is -2.13. The van der Waals surface area contributed by atoms with Gasteiger partial charge in [-0.2, -0.15) is 5.26 Å². The molecule has 0 saturated carbocycles. The number of benzene rings is 6. The van der Waals surface area contributed by atoms with Crippen molar-refractivity contribution < 1.29 is 0 Å². The van der Waals surface area contributed by atoms with E-state index in [0.717, 1.165) is 16.8 Å². The first kappa shape index (κ1) is 20.1. The highest BCUT2D eigenvalue weighted by Crippen LogP contribution is 2.51. The fourth-order valence-electron chi connectivity index (χ4n) is 6.14. The largest absolute Gasteiger partial charge is 0.309 e. The summed E-state index contributed by atoms with van der Waals surface area (Å²) in [7, 11) is 0. The van der Waals surface area contributed by atoms with E-state index in [-0.39, 0.29) is 0 Å². The molecule has 0 radical (unpaired) electrons. The van der Waals surface area contributed by atoms with E-state index in [0.29, 0.717) is 5.56 Å². The normalized spacial score (nSPS) is 11.8. The van der Waals surface area contributed by atoms with Crippen LogP contribution in [0.15, 0.2) is 121 Å². The van der Waals surface area contributed by atoms with Crippen molar-refractivity contribution in [3.05, 3.63) is 127 Å². The highest BCUT2D eigenvalue weighted by Gasteiger charge is 2.26. The summed E-state index contributed by atoms with van der Waals surface area (Å²) in [5, 5.41) is 14.3. The number of fused-ring (bicyclic) bond motifs is 7. The van der Waals surface area contributed by atoms with Crippen LogP contribution in [0, 0.1) is 11.3 Å². The average Bonchev–Trinajstić information content (AvgIpc) is 3.48. The molecular weight excluding hydrogens is 448 g/mol. The van der Waals surface area contributed by atoms with E-state index in [9.17, 15) is 0 Å². The van der Waals surface area contributed by atoms with Crippen molar-refractivity contribution in [2.24, 2.45) is 0 Å². The lowest BCUT2D eigenvalue weighted by Crippen LogP contribution is -1.95. The van der Waals surface area contributed by atoms with E-state index in [1.165, 1.54) is 54.8 Å². The van der Waals surface area contributed by atoms with Gasteiger partial charge in [0.05, 0.1) is 22.7 Å². The summed E-state index contributed by atoms with van der Waals surface area (Å²) in [6.07, 6.45) is 0. The molecule has 0 saturated heterocycles. The quantitative estimate of drug-likeness (QED) is 0.249. The Hall–Kier alpha value is -5.13. The molecule has 1 aliphatic rings. The number of para-hydroxylation sites is 1. The predicted octanol–water partition coefficient (Wildman–Crippen LogP) is 9.12. The summed E-state index contributed by atoms with van der Waals surface area (Å²) in [4.78, 5) is 0. The third-order valence-corrected chi connectivity index (χ3v) is 7.77. The number of nitrogens with zero attached hydrogens (tertiary/aromatic N) is 2. The number of hydrogen-bond acceptors (Lipinski definition) is 1. The molecule has 8 rings (SSSR count). The average molecular weight is 469 g/mol. The molecule has 0 spiro atoms. The summed E-state index contributed by atoms with van der Waals surface area (Å²) >= 11 is 0. The molecule has 0 bridgehead atoms. The highest BCUT2D eigenvalue weighted by atomic mass is 15.0. The Labute approximate surface area is 214 Å². The van der Waals surface area contributed by atoms with Gasteiger partial charge in [0.2, 0.25) is 0 Å². The molecule has 0 amide bonds. The van der Waals surface area contributed by atoms with Crippen molar-refractivity contribution in [3.8, 4) is 45.1 Å². The van der Waals surface area contributed by atoms with Crippen LogP contribution in [-0.4, -0.2) is 4.57 Å². The van der Waals surface area contributed by atoms with Crippen molar-refractivity contribution in [1.29, 1.82) is 5.26 Å². The lowest BCUT2D eigenvalue weighted by molar-refractivity contribution is 1.18. The molecule has 170 valence electrons. The van der Waals surface area contributed by atoms with Gasteiger partial charge in [0.25, 0.3) is 0 Å². The smallest absolute Gasteiger partial charge is 0.0991 e. The van der Waals surface area contributed by atoms with Gasteiger partial charge < -0.3 is 4.57 Å². The molecule has 37 heavy (non-hydrogen) atoms. The Morgan fingerprint density at radius 1 is 0.541 bits per heavy atom.